The summed E-state index contributed by atoms with van der Waals surface area (Å²) in [5, 5.41) is 0. The van der Waals surface area contributed by atoms with Crippen LogP contribution < -0.4 is 0 Å². The Bertz CT molecular complexity index is 915. The van der Waals surface area contributed by atoms with Crippen molar-refractivity contribution < 1.29 is 18.0 Å². The van der Waals surface area contributed by atoms with Gasteiger partial charge in [0.05, 0.1) is 11.6 Å². The van der Waals surface area contributed by atoms with Crippen molar-refractivity contribution in [3.8, 4) is 0 Å². The lowest BCUT2D eigenvalue weighted by Crippen LogP contribution is -2.35. The van der Waals surface area contributed by atoms with E-state index in [-0.39, 0.29) is 18.5 Å². The largest absolute Gasteiger partial charge is 0.417 e. The van der Waals surface area contributed by atoms with Crippen molar-refractivity contribution in [2.24, 2.45) is 0 Å². The fourth-order valence-corrected chi connectivity index (χ4v) is 3.84. The van der Waals surface area contributed by atoms with Crippen LogP contribution in [0.3, 0.4) is 0 Å². The van der Waals surface area contributed by atoms with E-state index < -0.39 is 11.7 Å². The summed E-state index contributed by atoms with van der Waals surface area (Å²) in [5.74, 6) is -0.186. The first kappa shape index (κ1) is 21.1. The van der Waals surface area contributed by atoms with Crippen molar-refractivity contribution in [2.45, 2.75) is 58.8 Å². The second kappa shape index (κ2) is 8.43. The number of aromatic nitrogens is 2. The molecule has 0 saturated carbocycles. The molecule has 1 amide bonds. The molecule has 7 heteroatoms. The Morgan fingerprint density at radius 1 is 1.31 bits per heavy atom. The standard InChI is InChI=1S/C22H26F3N3O/c1-4-18-7-6-15(3)28(18)19(5-2)8-9-21(29)27-11-10-20-16(14-27)12-17(13-26-20)22(23,24)25/h6-9,12-13,19H,4-5,10-11,14H2,1-3H3/b9-8-. The summed E-state index contributed by atoms with van der Waals surface area (Å²) in [6.45, 7) is 6.81. The highest BCUT2D eigenvalue weighted by Crippen LogP contribution is 2.31. The van der Waals surface area contributed by atoms with Crippen molar-refractivity contribution in [1.82, 2.24) is 14.5 Å². The molecule has 2 aromatic heterocycles. The van der Waals surface area contributed by atoms with Gasteiger partial charge in [-0.05, 0) is 43.5 Å². The van der Waals surface area contributed by atoms with E-state index in [1.54, 1.807) is 11.0 Å². The number of alkyl halides is 3. The number of hydrogen-bond acceptors (Lipinski definition) is 2. The summed E-state index contributed by atoms with van der Waals surface area (Å²) < 4.78 is 41.1. The highest BCUT2D eigenvalue weighted by Gasteiger charge is 2.32. The maximum absolute atomic E-state index is 13.0. The van der Waals surface area contributed by atoms with Crippen LogP contribution in [-0.4, -0.2) is 26.9 Å². The summed E-state index contributed by atoms with van der Waals surface area (Å²) in [5.41, 5.74) is 2.68. The molecule has 0 fully saturated rings. The predicted molar refractivity (Wildman–Crippen MR) is 105 cm³/mol. The van der Waals surface area contributed by atoms with Gasteiger partial charge in [-0.3, -0.25) is 9.78 Å². The number of aryl methyl sites for hydroxylation is 2. The lowest BCUT2D eigenvalue weighted by atomic mass is 10.0. The molecule has 3 heterocycles. The zero-order valence-electron chi connectivity index (χ0n) is 17.0. The van der Waals surface area contributed by atoms with Crippen molar-refractivity contribution in [3.05, 3.63) is 64.8 Å². The lowest BCUT2D eigenvalue weighted by Gasteiger charge is -2.28. The fourth-order valence-electron chi connectivity index (χ4n) is 3.84. The Kier molecular flexibility index (Phi) is 6.15. The summed E-state index contributed by atoms with van der Waals surface area (Å²) in [6.07, 6.45) is 2.09. The summed E-state index contributed by atoms with van der Waals surface area (Å²) in [4.78, 5) is 18.2. The van der Waals surface area contributed by atoms with E-state index in [1.807, 2.05) is 13.0 Å². The van der Waals surface area contributed by atoms with Crippen LogP contribution in [0.25, 0.3) is 0 Å². The van der Waals surface area contributed by atoms with Gasteiger partial charge < -0.3 is 9.47 Å². The van der Waals surface area contributed by atoms with Crippen LogP contribution in [0.1, 0.15) is 54.5 Å². The predicted octanol–water partition coefficient (Wildman–Crippen LogP) is 4.86. The number of rotatable bonds is 5. The van der Waals surface area contributed by atoms with Crippen molar-refractivity contribution in [2.75, 3.05) is 6.54 Å². The maximum atomic E-state index is 13.0. The number of pyridine rings is 1. The van der Waals surface area contributed by atoms with E-state index in [0.29, 0.717) is 24.2 Å². The van der Waals surface area contributed by atoms with Crippen molar-refractivity contribution in [3.63, 3.8) is 0 Å². The first-order chi connectivity index (χ1) is 13.7. The Balaban J connectivity index is 1.75. The quantitative estimate of drug-likeness (QED) is 0.666. The van der Waals surface area contributed by atoms with Gasteiger partial charge in [-0.2, -0.15) is 13.2 Å². The third kappa shape index (κ3) is 4.54. The second-order valence-electron chi connectivity index (χ2n) is 7.36. The molecule has 0 saturated heterocycles. The number of halogens is 3. The van der Waals surface area contributed by atoms with Gasteiger partial charge in [0.25, 0.3) is 0 Å². The molecule has 0 radical (unpaired) electrons. The molecule has 1 aliphatic rings. The SMILES string of the molecule is CCc1ccc(C)n1C(/C=C\C(=O)N1CCc2ncc(C(F)(F)F)cc2C1)CC. The molecule has 2 aromatic rings. The third-order valence-corrected chi connectivity index (χ3v) is 5.46. The molecule has 1 aliphatic heterocycles. The van der Waals surface area contributed by atoms with Crippen LogP contribution in [-0.2, 0) is 30.4 Å². The molecule has 0 N–H and O–H groups in total. The Morgan fingerprint density at radius 2 is 2.07 bits per heavy atom. The number of nitrogens with zero attached hydrogens (tertiary/aromatic N) is 3. The van der Waals surface area contributed by atoms with Crippen LogP contribution in [0.15, 0.2) is 36.5 Å². The number of fused-ring (bicyclic) bond motifs is 1. The molecule has 0 aliphatic carbocycles. The number of carbonyl (C=O) groups excluding carboxylic acids is 1. The van der Waals surface area contributed by atoms with E-state index in [1.165, 1.54) is 5.69 Å². The maximum Gasteiger partial charge on any atom is 0.417 e. The number of hydrogen-bond donors (Lipinski definition) is 0. The minimum atomic E-state index is -4.44. The molecular weight excluding hydrogens is 379 g/mol. The van der Waals surface area contributed by atoms with Crippen LogP contribution in [0.5, 0.6) is 0 Å². The van der Waals surface area contributed by atoms with Gasteiger partial charge in [-0.15, -0.1) is 0 Å². The molecule has 0 aromatic carbocycles. The van der Waals surface area contributed by atoms with Gasteiger partial charge >= 0.3 is 6.18 Å². The Labute approximate surface area is 169 Å². The molecule has 29 heavy (non-hydrogen) atoms. The van der Waals surface area contributed by atoms with Gasteiger partial charge in [-0.25, -0.2) is 0 Å². The summed E-state index contributed by atoms with van der Waals surface area (Å²) in [6, 6.07) is 5.35. The Morgan fingerprint density at radius 3 is 2.72 bits per heavy atom. The minimum Gasteiger partial charge on any atom is -0.342 e. The van der Waals surface area contributed by atoms with Gasteiger partial charge in [-0.1, -0.05) is 19.9 Å². The van der Waals surface area contributed by atoms with E-state index in [2.05, 4.69) is 35.5 Å². The van der Waals surface area contributed by atoms with Gasteiger partial charge in [0.1, 0.15) is 0 Å². The van der Waals surface area contributed by atoms with Gasteiger partial charge in [0.2, 0.25) is 5.91 Å². The minimum absolute atomic E-state index is 0.0690. The van der Waals surface area contributed by atoms with Crippen LogP contribution >= 0.6 is 0 Å². The molecule has 1 atom stereocenters. The second-order valence-corrected chi connectivity index (χ2v) is 7.36. The molecule has 0 spiro atoms. The highest BCUT2D eigenvalue weighted by molar-refractivity contribution is 5.87. The van der Waals surface area contributed by atoms with E-state index in [9.17, 15) is 18.0 Å². The molecule has 3 rings (SSSR count). The topological polar surface area (TPSA) is 38.1 Å². The van der Waals surface area contributed by atoms with Crippen LogP contribution in [0.2, 0.25) is 0 Å². The van der Waals surface area contributed by atoms with Crippen LogP contribution in [0, 0.1) is 6.92 Å². The van der Waals surface area contributed by atoms with Crippen molar-refractivity contribution in [1.29, 1.82) is 0 Å². The van der Waals surface area contributed by atoms with E-state index in [4.69, 9.17) is 0 Å². The zero-order chi connectivity index (χ0) is 21.2. The van der Waals surface area contributed by atoms with Gasteiger partial charge in [0.15, 0.2) is 0 Å². The molecule has 4 nitrogen and oxygen atoms in total. The monoisotopic (exact) mass is 405 g/mol. The summed E-state index contributed by atoms with van der Waals surface area (Å²) >= 11 is 0. The van der Waals surface area contributed by atoms with Crippen molar-refractivity contribution >= 4 is 5.91 Å². The summed E-state index contributed by atoms with van der Waals surface area (Å²) in [7, 11) is 0. The Hall–Kier alpha value is -2.57. The number of amides is 1. The first-order valence-electron chi connectivity index (χ1n) is 9.93. The average Bonchev–Trinajstić information content (AvgIpc) is 3.07. The number of carbonyl (C=O) groups is 1. The molecule has 1 unspecified atom stereocenters. The average molecular weight is 405 g/mol. The molecule has 156 valence electrons. The lowest BCUT2D eigenvalue weighted by molar-refractivity contribution is -0.137. The van der Waals surface area contributed by atoms with Gasteiger partial charge in [0, 0.05) is 48.9 Å². The molecular formula is C22H26F3N3O. The smallest absolute Gasteiger partial charge is 0.342 e. The van der Waals surface area contributed by atoms with E-state index >= 15 is 0 Å². The van der Waals surface area contributed by atoms with Crippen LogP contribution in [0.4, 0.5) is 13.2 Å². The normalized spacial score (nSPS) is 15.6. The highest BCUT2D eigenvalue weighted by atomic mass is 19.4. The number of allylic oxidation sites excluding steroid dienone is 1. The zero-order valence-corrected chi connectivity index (χ0v) is 17.0. The first-order valence-corrected chi connectivity index (χ1v) is 9.93. The fraction of sp³-hybridized carbons (Fsp3) is 0.455. The molecule has 0 bridgehead atoms. The van der Waals surface area contributed by atoms with E-state index in [0.717, 1.165) is 30.8 Å². The third-order valence-electron chi connectivity index (χ3n) is 5.46.